The van der Waals surface area contributed by atoms with Crippen LogP contribution in [0, 0.1) is 33.6 Å². The Kier molecular flexibility index (Phi) is 6.11. The monoisotopic (exact) mass is 358 g/mol. The van der Waals surface area contributed by atoms with E-state index in [-0.39, 0.29) is 11.7 Å². The fraction of sp³-hybridized carbons (Fsp3) is 0.524. The van der Waals surface area contributed by atoms with E-state index in [1.165, 1.54) is 11.1 Å². The minimum Gasteiger partial charge on any atom is -0.461 e. The van der Waals surface area contributed by atoms with Gasteiger partial charge in [-0.1, -0.05) is 13.8 Å². The van der Waals surface area contributed by atoms with Crippen molar-refractivity contribution in [3.8, 4) is 0 Å². The number of esters is 1. The van der Waals surface area contributed by atoms with Crippen LogP contribution < -0.4 is 0 Å². The molecule has 0 radical (unpaired) electrons. The van der Waals surface area contributed by atoms with Crippen LogP contribution >= 0.6 is 0 Å². The Bertz CT molecular complexity index is 827. The average Bonchev–Trinajstić information content (AvgIpc) is 3.05. The SMILES string of the molecule is CCOC(=O)c1[nH]c(Cc2[nH]c(C)c(C)c2C)c(C(=O)C(C)CC)c1C. The van der Waals surface area contributed by atoms with Crippen LogP contribution in [0.5, 0.6) is 0 Å². The molecule has 0 fully saturated rings. The summed E-state index contributed by atoms with van der Waals surface area (Å²) in [5.41, 5.74) is 7.08. The highest BCUT2D eigenvalue weighted by Crippen LogP contribution is 2.27. The van der Waals surface area contributed by atoms with Crippen LogP contribution in [-0.4, -0.2) is 28.3 Å². The number of Topliss-reactive ketones (excluding diaryl/α,β-unsaturated/α-hetero) is 1. The van der Waals surface area contributed by atoms with E-state index in [2.05, 4.69) is 23.8 Å². The fourth-order valence-corrected chi connectivity index (χ4v) is 3.24. The highest BCUT2D eigenvalue weighted by atomic mass is 16.5. The molecule has 2 rings (SSSR count). The quantitative estimate of drug-likeness (QED) is 0.562. The lowest BCUT2D eigenvalue weighted by atomic mass is 9.93. The van der Waals surface area contributed by atoms with Gasteiger partial charge in [0, 0.05) is 35.0 Å². The van der Waals surface area contributed by atoms with Crippen LogP contribution in [0.2, 0.25) is 0 Å². The van der Waals surface area contributed by atoms with Gasteiger partial charge >= 0.3 is 5.97 Å². The van der Waals surface area contributed by atoms with Crippen LogP contribution in [0.15, 0.2) is 0 Å². The number of carbonyl (C=O) groups is 2. The van der Waals surface area contributed by atoms with Gasteiger partial charge in [-0.25, -0.2) is 4.79 Å². The summed E-state index contributed by atoms with van der Waals surface area (Å²) in [4.78, 5) is 31.9. The maximum absolute atomic E-state index is 13.0. The number of ketones is 1. The van der Waals surface area contributed by atoms with Crippen molar-refractivity contribution < 1.29 is 14.3 Å². The number of hydrogen-bond acceptors (Lipinski definition) is 3. The van der Waals surface area contributed by atoms with E-state index in [0.29, 0.717) is 29.8 Å². The third-order valence-corrected chi connectivity index (χ3v) is 5.38. The van der Waals surface area contributed by atoms with Gasteiger partial charge in [-0.15, -0.1) is 0 Å². The molecule has 0 spiro atoms. The van der Waals surface area contributed by atoms with E-state index < -0.39 is 5.97 Å². The first-order valence-electron chi connectivity index (χ1n) is 9.30. The van der Waals surface area contributed by atoms with Gasteiger partial charge in [0.2, 0.25) is 0 Å². The van der Waals surface area contributed by atoms with E-state index in [1.54, 1.807) is 6.92 Å². The highest BCUT2D eigenvalue weighted by molar-refractivity contribution is 6.03. The van der Waals surface area contributed by atoms with Crippen molar-refractivity contribution in [2.24, 2.45) is 5.92 Å². The summed E-state index contributed by atoms with van der Waals surface area (Å²) in [6.07, 6.45) is 1.32. The predicted molar refractivity (Wildman–Crippen MR) is 103 cm³/mol. The maximum atomic E-state index is 13.0. The van der Waals surface area contributed by atoms with Gasteiger partial charge in [-0.3, -0.25) is 4.79 Å². The molecule has 142 valence electrons. The van der Waals surface area contributed by atoms with E-state index >= 15 is 0 Å². The van der Waals surface area contributed by atoms with Gasteiger partial charge < -0.3 is 14.7 Å². The lowest BCUT2D eigenvalue weighted by Gasteiger charge is -2.10. The Morgan fingerprint density at radius 3 is 2.12 bits per heavy atom. The van der Waals surface area contributed by atoms with Gasteiger partial charge in [0.25, 0.3) is 0 Å². The second kappa shape index (κ2) is 7.94. The summed E-state index contributed by atoms with van der Waals surface area (Å²) in [6, 6.07) is 0. The molecule has 26 heavy (non-hydrogen) atoms. The lowest BCUT2D eigenvalue weighted by molar-refractivity contribution is 0.0519. The average molecular weight is 358 g/mol. The van der Waals surface area contributed by atoms with Crippen molar-refractivity contribution in [2.75, 3.05) is 6.61 Å². The number of aromatic nitrogens is 2. The predicted octanol–water partition coefficient (Wildman–Crippen LogP) is 4.57. The Morgan fingerprint density at radius 2 is 1.62 bits per heavy atom. The van der Waals surface area contributed by atoms with E-state index in [1.807, 2.05) is 27.7 Å². The molecule has 0 saturated heterocycles. The first kappa shape index (κ1) is 20.0. The summed E-state index contributed by atoms with van der Waals surface area (Å²) in [5.74, 6) is -0.430. The topological polar surface area (TPSA) is 75.0 Å². The molecule has 0 amide bonds. The zero-order valence-corrected chi connectivity index (χ0v) is 16.9. The number of aryl methyl sites for hydroxylation is 1. The molecule has 2 aromatic heterocycles. The molecule has 5 nitrogen and oxygen atoms in total. The van der Waals surface area contributed by atoms with Crippen LogP contribution in [0.3, 0.4) is 0 Å². The van der Waals surface area contributed by atoms with E-state index in [4.69, 9.17) is 4.74 Å². The maximum Gasteiger partial charge on any atom is 0.355 e. The highest BCUT2D eigenvalue weighted by Gasteiger charge is 2.27. The second-order valence-electron chi connectivity index (χ2n) is 7.03. The number of aromatic amines is 2. The molecule has 5 heteroatoms. The molecule has 2 heterocycles. The third-order valence-electron chi connectivity index (χ3n) is 5.38. The van der Waals surface area contributed by atoms with Crippen molar-refractivity contribution >= 4 is 11.8 Å². The first-order chi connectivity index (χ1) is 12.2. The van der Waals surface area contributed by atoms with Crippen LogP contribution in [0.25, 0.3) is 0 Å². The van der Waals surface area contributed by atoms with Gasteiger partial charge in [0.05, 0.1) is 6.61 Å². The summed E-state index contributed by atoms with van der Waals surface area (Å²) in [7, 11) is 0. The molecule has 1 atom stereocenters. The summed E-state index contributed by atoms with van der Waals surface area (Å²) in [6.45, 7) is 14.0. The Labute approximate surface area is 155 Å². The first-order valence-corrected chi connectivity index (χ1v) is 9.30. The number of hydrogen-bond donors (Lipinski definition) is 2. The normalized spacial score (nSPS) is 12.3. The largest absolute Gasteiger partial charge is 0.461 e. The third kappa shape index (κ3) is 3.62. The number of H-pyrrole nitrogens is 2. The Hall–Kier alpha value is -2.30. The van der Waals surface area contributed by atoms with Crippen molar-refractivity contribution in [2.45, 2.75) is 61.3 Å². The van der Waals surface area contributed by atoms with Crippen LogP contribution in [0.1, 0.15) is 81.8 Å². The molecule has 2 N–H and O–H groups in total. The molecule has 1 unspecified atom stereocenters. The van der Waals surface area contributed by atoms with Crippen molar-refractivity contribution in [1.29, 1.82) is 0 Å². The van der Waals surface area contributed by atoms with Crippen molar-refractivity contribution in [3.63, 3.8) is 0 Å². The molecule has 0 aromatic carbocycles. The molecular formula is C21H30N2O3. The zero-order chi connectivity index (χ0) is 19.6. The zero-order valence-electron chi connectivity index (χ0n) is 16.9. The van der Waals surface area contributed by atoms with Crippen molar-refractivity contribution in [3.05, 3.63) is 45.0 Å². The van der Waals surface area contributed by atoms with E-state index in [9.17, 15) is 9.59 Å². The minimum absolute atomic E-state index is 0.0736. The summed E-state index contributed by atoms with van der Waals surface area (Å²) >= 11 is 0. The molecule has 0 aliphatic carbocycles. The van der Waals surface area contributed by atoms with Gasteiger partial charge in [-0.2, -0.15) is 0 Å². The van der Waals surface area contributed by atoms with Crippen LogP contribution in [-0.2, 0) is 11.2 Å². The number of ether oxygens (including phenoxy) is 1. The standard InChI is InChI=1S/C21H30N2O3/c1-8-11(3)20(24)18-14(6)19(21(25)26-9-2)23-17(18)10-16-13(5)12(4)15(7)22-16/h11,22-23H,8-10H2,1-7H3. The van der Waals surface area contributed by atoms with Gasteiger partial charge in [-0.05, 0) is 57.7 Å². The molecule has 2 aromatic rings. The Morgan fingerprint density at radius 1 is 0.962 bits per heavy atom. The minimum atomic E-state index is -0.412. The summed E-state index contributed by atoms with van der Waals surface area (Å²) in [5, 5.41) is 0. The van der Waals surface area contributed by atoms with Crippen LogP contribution in [0.4, 0.5) is 0 Å². The molecule has 0 bridgehead atoms. The number of rotatable bonds is 7. The van der Waals surface area contributed by atoms with Crippen molar-refractivity contribution in [1.82, 2.24) is 9.97 Å². The van der Waals surface area contributed by atoms with Gasteiger partial charge in [0.1, 0.15) is 5.69 Å². The number of carbonyl (C=O) groups excluding carboxylic acids is 2. The second-order valence-corrected chi connectivity index (χ2v) is 7.03. The molecule has 0 aliphatic heterocycles. The molecule has 0 saturated carbocycles. The smallest absolute Gasteiger partial charge is 0.355 e. The molecule has 0 aliphatic rings. The number of nitrogens with one attached hydrogen (secondary N) is 2. The summed E-state index contributed by atoms with van der Waals surface area (Å²) < 4.78 is 5.15. The lowest BCUT2D eigenvalue weighted by Crippen LogP contribution is -2.13. The van der Waals surface area contributed by atoms with E-state index in [0.717, 1.165) is 23.5 Å². The fourth-order valence-electron chi connectivity index (χ4n) is 3.24. The Balaban J connectivity index is 2.55. The molecular weight excluding hydrogens is 328 g/mol. The van der Waals surface area contributed by atoms with Gasteiger partial charge in [0.15, 0.2) is 5.78 Å².